The Kier molecular flexibility index (Phi) is 10.4. The van der Waals surface area contributed by atoms with Crippen LogP contribution >= 0.6 is 23.2 Å². The Morgan fingerprint density at radius 3 is 2.39 bits per heavy atom. The molecule has 5 nitrogen and oxygen atoms in total. The van der Waals surface area contributed by atoms with Crippen LogP contribution in [0.3, 0.4) is 0 Å². The van der Waals surface area contributed by atoms with Gasteiger partial charge in [0.25, 0.3) is 5.91 Å². The number of hydrogen-bond acceptors (Lipinski definition) is 4. The molecule has 4 aromatic carbocycles. The molecule has 5 rings (SSSR count). The van der Waals surface area contributed by atoms with Crippen molar-refractivity contribution in [3.8, 4) is 6.07 Å². The summed E-state index contributed by atoms with van der Waals surface area (Å²) in [7, 11) is 0.825. The van der Waals surface area contributed by atoms with Gasteiger partial charge in [-0.05, 0) is 103 Å². The van der Waals surface area contributed by atoms with E-state index in [9.17, 15) is 14.3 Å². The molecule has 0 N–H and O–H groups in total. The minimum atomic E-state index is -1.00. The quantitative estimate of drug-likeness (QED) is 0.184. The molecular formula is C36H37Cl2N3O2S. The van der Waals surface area contributed by atoms with Crippen molar-refractivity contribution in [3.63, 3.8) is 0 Å². The average molecular weight is 647 g/mol. The number of carbonyl (C=O) groups excluding carboxylic acids is 1. The first kappa shape index (κ1) is 32.2. The molecule has 0 unspecified atom stereocenters. The number of fused-ring (bicyclic) bond motifs is 1. The molecule has 0 saturated carbocycles. The first-order valence-corrected chi connectivity index (χ1v) is 17.3. The van der Waals surface area contributed by atoms with Crippen LogP contribution in [0.5, 0.6) is 0 Å². The summed E-state index contributed by atoms with van der Waals surface area (Å²) >= 11 is 12.7. The van der Waals surface area contributed by atoms with Gasteiger partial charge in [0.1, 0.15) is 0 Å². The molecule has 1 aliphatic heterocycles. The minimum absolute atomic E-state index is 0.0341. The fourth-order valence-corrected chi connectivity index (χ4v) is 7.59. The number of aryl methyl sites for hydroxylation is 1. The summed E-state index contributed by atoms with van der Waals surface area (Å²) in [6, 6.07) is 25.6. The SMILES string of the molecule is Cc1c(C#N)cc(C(=O)N(C)C[C@@H](CCN2CCC(c3ccccc3[S@](C)=O)CC2)c2ccc(Cl)c(Cl)c2)c2ccccc12. The number of nitriles is 1. The third-order valence-electron chi connectivity index (χ3n) is 8.97. The van der Waals surface area contributed by atoms with Crippen molar-refractivity contribution in [3.05, 3.63) is 111 Å². The molecule has 1 fully saturated rings. The van der Waals surface area contributed by atoms with Crippen molar-refractivity contribution >= 4 is 50.7 Å². The van der Waals surface area contributed by atoms with E-state index < -0.39 is 10.8 Å². The van der Waals surface area contributed by atoms with E-state index in [1.807, 2.05) is 74.6 Å². The van der Waals surface area contributed by atoms with Crippen LogP contribution in [-0.2, 0) is 10.8 Å². The van der Waals surface area contributed by atoms with Crippen LogP contribution in [-0.4, -0.2) is 59.4 Å². The lowest BCUT2D eigenvalue weighted by Gasteiger charge is -2.34. The van der Waals surface area contributed by atoms with Crippen molar-refractivity contribution in [2.75, 3.05) is 39.5 Å². The molecule has 0 aromatic heterocycles. The van der Waals surface area contributed by atoms with E-state index in [1.165, 1.54) is 5.56 Å². The predicted octanol–water partition coefficient (Wildman–Crippen LogP) is 8.19. The maximum atomic E-state index is 13.9. The van der Waals surface area contributed by atoms with E-state index in [0.29, 0.717) is 33.6 Å². The Hall–Kier alpha value is -3.21. The Balaban J connectivity index is 1.32. The lowest BCUT2D eigenvalue weighted by Crippen LogP contribution is -2.36. The normalized spacial score (nSPS) is 15.5. The van der Waals surface area contributed by atoms with Crippen molar-refractivity contribution in [2.45, 2.75) is 42.9 Å². The van der Waals surface area contributed by atoms with Crippen molar-refractivity contribution in [1.82, 2.24) is 9.80 Å². The number of carbonyl (C=O) groups is 1. The van der Waals surface area contributed by atoms with E-state index in [1.54, 1.807) is 17.2 Å². The summed E-state index contributed by atoms with van der Waals surface area (Å²) in [5.41, 5.74) is 4.18. The average Bonchev–Trinajstić information content (AvgIpc) is 3.04. The van der Waals surface area contributed by atoms with E-state index in [-0.39, 0.29) is 11.8 Å². The number of nitrogens with zero attached hydrogens (tertiary/aromatic N) is 3. The number of piperidine rings is 1. The molecule has 1 saturated heterocycles. The van der Waals surface area contributed by atoms with Gasteiger partial charge in [0.2, 0.25) is 0 Å². The summed E-state index contributed by atoms with van der Waals surface area (Å²) in [6.07, 6.45) is 4.63. The van der Waals surface area contributed by atoms with Crippen molar-refractivity contribution < 1.29 is 9.00 Å². The van der Waals surface area contributed by atoms with E-state index in [0.717, 1.165) is 65.7 Å². The summed E-state index contributed by atoms with van der Waals surface area (Å²) in [5, 5.41) is 12.5. The monoisotopic (exact) mass is 645 g/mol. The van der Waals surface area contributed by atoms with Crippen molar-refractivity contribution in [1.29, 1.82) is 5.26 Å². The zero-order chi connectivity index (χ0) is 31.4. The molecule has 44 heavy (non-hydrogen) atoms. The zero-order valence-electron chi connectivity index (χ0n) is 25.4. The maximum Gasteiger partial charge on any atom is 0.254 e. The highest BCUT2D eigenvalue weighted by Crippen LogP contribution is 2.34. The van der Waals surface area contributed by atoms with Gasteiger partial charge < -0.3 is 9.80 Å². The number of rotatable bonds is 9. The van der Waals surface area contributed by atoms with E-state index in [4.69, 9.17) is 23.2 Å². The fraction of sp³-hybridized carbons (Fsp3) is 0.333. The lowest BCUT2D eigenvalue weighted by molar-refractivity contribution is 0.0783. The van der Waals surface area contributed by atoms with E-state index >= 15 is 0 Å². The van der Waals surface area contributed by atoms with Gasteiger partial charge in [0, 0.05) is 36.2 Å². The summed E-state index contributed by atoms with van der Waals surface area (Å²) in [6.45, 7) is 5.22. The first-order chi connectivity index (χ1) is 21.2. The number of hydrogen-bond donors (Lipinski definition) is 0. The second kappa shape index (κ2) is 14.3. The smallest absolute Gasteiger partial charge is 0.254 e. The van der Waals surface area contributed by atoms with Crippen molar-refractivity contribution in [2.24, 2.45) is 0 Å². The Morgan fingerprint density at radius 1 is 1.02 bits per heavy atom. The molecular weight excluding hydrogens is 609 g/mol. The molecule has 1 heterocycles. The minimum Gasteiger partial charge on any atom is -0.341 e. The molecule has 8 heteroatoms. The molecule has 0 aliphatic carbocycles. The van der Waals surface area contributed by atoms with Crippen LogP contribution in [0.1, 0.15) is 63.7 Å². The number of likely N-dealkylation sites (N-methyl/N-ethyl adjacent to an activating group) is 1. The highest BCUT2D eigenvalue weighted by atomic mass is 35.5. The van der Waals surface area contributed by atoms with Gasteiger partial charge in [-0.3, -0.25) is 9.00 Å². The molecule has 1 aliphatic rings. The Bertz CT molecular complexity index is 1740. The van der Waals surface area contributed by atoms with E-state index in [2.05, 4.69) is 17.0 Å². The number of halogens is 2. The van der Waals surface area contributed by atoms with Gasteiger partial charge in [0.05, 0.1) is 32.5 Å². The number of amides is 1. The summed E-state index contributed by atoms with van der Waals surface area (Å²) in [5.74, 6) is 0.325. The highest BCUT2D eigenvalue weighted by molar-refractivity contribution is 7.84. The van der Waals surface area contributed by atoms with Crippen LogP contribution in [0.4, 0.5) is 0 Å². The Labute approximate surface area is 272 Å². The third-order valence-corrected chi connectivity index (χ3v) is 10.7. The highest BCUT2D eigenvalue weighted by Gasteiger charge is 2.26. The van der Waals surface area contributed by atoms with Crippen LogP contribution in [0, 0.1) is 18.3 Å². The maximum absolute atomic E-state index is 13.9. The fourth-order valence-electron chi connectivity index (χ4n) is 6.45. The third kappa shape index (κ3) is 7.03. The molecule has 0 bridgehead atoms. The lowest BCUT2D eigenvalue weighted by atomic mass is 9.88. The van der Waals surface area contributed by atoms with Gasteiger partial charge in [-0.15, -0.1) is 0 Å². The van der Waals surface area contributed by atoms with Crippen LogP contribution in [0.2, 0.25) is 10.0 Å². The molecule has 2 atom stereocenters. The van der Waals surface area contributed by atoms with Gasteiger partial charge >= 0.3 is 0 Å². The molecule has 4 aromatic rings. The van der Waals surface area contributed by atoms with Crippen LogP contribution in [0.25, 0.3) is 10.8 Å². The van der Waals surface area contributed by atoms with Gasteiger partial charge in [-0.2, -0.15) is 5.26 Å². The molecule has 1 amide bonds. The first-order valence-electron chi connectivity index (χ1n) is 15.0. The van der Waals surface area contributed by atoms with Crippen LogP contribution < -0.4 is 0 Å². The van der Waals surface area contributed by atoms with Gasteiger partial charge in [-0.1, -0.05) is 71.7 Å². The Morgan fingerprint density at radius 2 is 1.70 bits per heavy atom. The summed E-state index contributed by atoms with van der Waals surface area (Å²) < 4.78 is 12.3. The van der Waals surface area contributed by atoms with Crippen LogP contribution in [0.15, 0.2) is 77.7 Å². The second-order valence-electron chi connectivity index (χ2n) is 11.7. The summed E-state index contributed by atoms with van der Waals surface area (Å²) in [4.78, 5) is 19.1. The largest absolute Gasteiger partial charge is 0.341 e. The predicted molar refractivity (Wildman–Crippen MR) is 181 cm³/mol. The zero-order valence-corrected chi connectivity index (χ0v) is 27.7. The topological polar surface area (TPSA) is 64.4 Å². The standard InChI is InChI=1S/C36H37Cl2N3O2S/c1-24-28(22-39)20-32(31-10-5-4-8-29(24)31)36(42)40(2)23-27(26-12-13-33(37)34(38)21-26)16-19-41-17-14-25(15-18-41)30-9-6-7-11-35(30)44(3)43/h4-13,20-21,25,27H,14-19,23H2,1-3H3/t27-,44+/m1/s1. The number of benzene rings is 4. The van der Waals surface area contributed by atoms with Gasteiger partial charge in [0.15, 0.2) is 0 Å². The molecule has 0 spiro atoms. The number of likely N-dealkylation sites (tertiary alicyclic amines) is 1. The van der Waals surface area contributed by atoms with Gasteiger partial charge in [-0.25, -0.2) is 0 Å². The molecule has 228 valence electrons. The second-order valence-corrected chi connectivity index (χ2v) is 13.9. The molecule has 0 radical (unpaired) electrons.